The summed E-state index contributed by atoms with van der Waals surface area (Å²) in [6, 6.07) is 17.4. The second kappa shape index (κ2) is 6.01. The third kappa shape index (κ3) is 2.46. The molecular weight excluding hydrogens is 294 g/mol. The first kappa shape index (κ1) is 14.9. The molecule has 2 aliphatic heterocycles. The molecule has 0 atom stereocenters. The molecule has 4 rings (SSSR count). The Hall–Kier alpha value is -2.00. The number of halogens is 1. The van der Waals surface area contributed by atoms with Gasteiger partial charge in [0.1, 0.15) is 0 Å². The number of anilines is 2. The van der Waals surface area contributed by atoms with Crippen LogP contribution in [0.2, 0.25) is 0 Å². The molecule has 0 amide bonds. The Morgan fingerprint density at radius 3 is 2.68 bits per heavy atom. The molecule has 0 aliphatic carbocycles. The van der Waals surface area contributed by atoms with Crippen LogP contribution >= 0.6 is 0 Å². The first-order valence-electron chi connectivity index (χ1n) is 7.57. The van der Waals surface area contributed by atoms with E-state index in [9.17, 15) is 0 Å². The Balaban J connectivity index is 0.00000144. The number of fused-ring (bicyclic) bond motifs is 3. The van der Waals surface area contributed by atoms with Gasteiger partial charge in [-0.1, -0.05) is 42.0 Å². The smallest absolute Gasteiger partial charge is 0.206 e. The first-order chi connectivity index (χ1) is 10.3. The predicted molar refractivity (Wildman–Crippen MR) is 88.1 cm³/mol. The van der Waals surface area contributed by atoms with Gasteiger partial charge < -0.3 is 22.2 Å². The Kier molecular flexibility index (Phi) is 4.08. The van der Waals surface area contributed by atoms with E-state index in [1.807, 2.05) is 0 Å². The Bertz CT molecular complexity index is 711. The molecule has 2 aliphatic rings. The van der Waals surface area contributed by atoms with Crippen molar-refractivity contribution in [2.75, 3.05) is 22.9 Å². The highest BCUT2D eigenvalue weighted by Crippen LogP contribution is 2.39. The van der Waals surface area contributed by atoms with Gasteiger partial charge in [0.2, 0.25) is 5.96 Å². The van der Waals surface area contributed by atoms with E-state index in [1.165, 1.54) is 22.5 Å². The van der Waals surface area contributed by atoms with Gasteiger partial charge in [-0.3, -0.25) is 4.99 Å². The lowest BCUT2D eigenvalue weighted by Crippen LogP contribution is -3.00. The molecule has 0 bridgehead atoms. The lowest BCUT2D eigenvalue weighted by molar-refractivity contribution is -0.00000421. The van der Waals surface area contributed by atoms with E-state index in [1.54, 1.807) is 0 Å². The van der Waals surface area contributed by atoms with Crippen LogP contribution in [0.25, 0.3) is 0 Å². The highest BCUT2D eigenvalue weighted by atomic mass is 35.5. The van der Waals surface area contributed by atoms with Crippen molar-refractivity contribution < 1.29 is 12.4 Å². The van der Waals surface area contributed by atoms with Crippen LogP contribution in [0.15, 0.2) is 53.5 Å². The number of guanidine groups is 1. The first-order valence-corrected chi connectivity index (χ1v) is 7.57. The van der Waals surface area contributed by atoms with Crippen LogP contribution in [-0.4, -0.2) is 19.0 Å². The fourth-order valence-electron chi connectivity index (χ4n) is 3.23. The Morgan fingerprint density at radius 1 is 1.05 bits per heavy atom. The summed E-state index contributed by atoms with van der Waals surface area (Å²) in [5.41, 5.74) is 5.21. The third-order valence-corrected chi connectivity index (χ3v) is 4.16. The van der Waals surface area contributed by atoms with Gasteiger partial charge in [0.05, 0.1) is 17.9 Å². The number of para-hydroxylation sites is 2. The van der Waals surface area contributed by atoms with Gasteiger partial charge in [0.15, 0.2) is 0 Å². The van der Waals surface area contributed by atoms with E-state index in [2.05, 4.69) is 65.3 Å². The van der Waals surface area contributed by atoms with Gasteiger partial charge in [-0.15, -0.1) is 0 Å². The largest absolute Gasteiger partial charge is 1.00 e. The van der Waals surface area contributed by atoms with E-state index >= 15 is 0 Å². The molecule has 2 aromatic rings. The van der Waals surface area contributed by atoms with Crippen molar-refractivity contribution in [1.29, 1.82) is 0 Å². The molecule has 0 saturated heterocycles. The van der Waals surface area contributed by atoms with Gasteiger partial charge in [0.25, 0.3) is 0 Å². The lowest BCUT2D eigenvalue weighted by atomic mass is 10.1. The standard InChI is InChI=1S/C18H19N3.ClH/c1-14-6-4-7-15(12-14)13-21-17-9-3-2-8-16(17)20-11-5-10-19-18(20)21;/h2-4,6-9,12H,5,10-11,13H2,1H3;1H/p-1. The number of benzene rings is 2. The maximum absolute atomic E-state index is 4.77. The third-order valence-electron chi connectivity index (χ3n) is 4.16. The number of rotatable bonds is 2. The van der Waals surface area contributed by atoms with Gasteiger partial charge in [-0.2, -0.15) is 0 Å². The van der Waals surface area contributed by atoms with Crippen LogP contribution in [0, 0.1) is 6.92 Å². The molecule has 22 heavy (non-hydrogen) atoms. The van der Waals surface area contributed by atoms with Gasteiger partial charge in [0, 0.05) is 13.1 Å². The minimum atomic E-state index is 0. The molecule has 2 heterocycles. The Labute approximate surface area is 137 Å². The van der Waals surface area contributed by atoms with Crippen molar-refractivity contribution >= 4 is 17.3 Å². The molecule has 0 N–H and O–H groups in total. The second-order valence-electron chi connectivity index (χ2n) is 5.75. The predicted octanol–water partition coefficient (Wildman–Crippen LogP) is 0.585. The minimum absolute atomic E-state index is 0. The molecular formula is C18H19ClN3-. The molecule has 0 radical (unpaired) electrons. The molecule has 0 aromatic heterocycles. The van der Waals surface area contributed by atoms with Gasteiger partial charge in [-0.25, -0.2) is 0 Å². The maximum Gasteiger partial charge on any atom is 0.206 e. The van der Waals surface area contributed by atoms with Crippen molar-refractivity contribution in [2.45, 2.75) is 19.9 Å². The molecule has 3 nitrogen and oxygen atoms in total. The highest BCUT2D eigenvalue weighted by Gasteiger charge is 2.33. The summed E-state index contributed by atoms with van der Waals surface area (Å²) in [5.74, 6) is 1.11. The van der Waals surface area contributed by atoms with Crippen LogP contribution in [-0.2, 0) is 6.54 Å². The number of hydrogen-bond acceptors (Lipinski definition) is 3. The lowest BCUT2D eigenvalue weighted by Gasteiger charge is -2.27. The summed E-state index contributed by atoms with van der Waals surface area (Å²) in [4.78, 5) is 9.48. The van der Waals surface area contributed by atoms with Crippen molar-refractivity contribution in [3.8, 4) is 0 Å². The van der Waals surface area contributed by atoms with Crippen LogP contribution in [0.1, 0.15) is 17.5 Å². The number of aliphatic imine (C=N–C) groups is 1. The second-order valence-corrected chi connectivity index (χ2v) is 5.75. The summed E-state index contributed by atoms with van der Waals surface area (Å²) >= 11 is 0. The average Bonchev–Trinajstić information content (AvgIpc) is 2.83. The topological polar surface area (TPSA) is 18.8 Å². The van der Waals surface area contributed by atoms with Crippen LogP contribution in [0.4, 0.5) is 11.4 Å². The van der Waals surface area contributed by atoms with E-state index in [0.29, 0.717) is 0 Å². The minimum Gasteiger partial charge on any atom is -1.00 e. The van der Waals surface area contributed by atoms with Crippen molar-refractivity contribution in [3.63, 3.8) is 0 Å². The number of nitrogens with zero attached hydrogens (tertiary/aromatic N) is 3. The zero-order valence-corrected chi connectivity index (χ0v) is 13.4. The zero-order chi connectivity index (χ0) is 14.2. The fourth-order valence-corrected chi connectivity index (χ4v) is 3.23. The Morgan fingerprint density at radius 2 is 1.86 bits per heavy atom. The maximum atomic E-state index is 4.77. The molecule has 0 saturated carbocycles. The summed E-state index contributed by atoms with van der Waals surface area (Å²) in [5, 5.41) is 0. The van der Waals surface area contributed by atoms with Gasteiger partial charge >= 0.3 is 0 Å². The van der Waals surface area contributed by atoms with Gasteiger partial charge in [-0.05, 0) is 31.0 Å². The monoisotopic (exact) mass is 312 g/mol. The quantitative estimate of drug-likeness (QED) is 0.808. The van der Waals surface area contributed by atoms with E-state index < -0.39 is 0 Å². The van der Waals surface area contributed by atoms with Crippen molar-refractivity contribution in [3.05, 3.63) is 59.7 Å². The zero-order valence-electron chi connectivity index (χ0n) is 12.7. The SMILES string of the molecule is Cc1cccc(CN2C3=NCCCN3c3ccccc32)c1.[Cl-]. The normalized spacial score (nSPS) is 15.8. The summed E-state index contributed by atoms with van der Waals surface area (Å²) in [6.45, 7) is 5.03. The molecule has 2 aromatic carbocycles. The van der Waals surface area contributed by atoms with E-state index in [-0.39, 0.29) is 12.4 Å². The van der Waals surface area contributed by atoms with Crippen LogP contribution in [0.3, 0.4) is 0 Å². The fraction of sp³-hybridized carbons (Fsp3) is 0.278. The van der Waals surface area contributed by atoms with E-state index in [0.717, 1.165) is 32.0 Å². The van der Waals surface area contributed by atoms with Crippen molar-refractivity contribution in [1.82, 2.24) is 0 Å². The summed E-state index contributed by atoms with van der Waals surface area (Å²) in [7, 11) is 0. The van der Waals surface area contributed by atoms with Crippen LogP contribution < -0.4 is 22.2 Å². The van der Waals surface area contributed by atoms with Crippen LogP contribution in [0.5, 0.6) is 0 Å². The molecule has 114 valence electrons. The number of hydrogen-bond donors (Lipinski definition) is 0. The number of aryl methyl sites for hydroxylation is 1. The molecule has 4 heteroatoms. The average molecular weight is 313 g/mol. The van der Waals surface area contributed by atoms with Crippen molar-refractivity contribution in [2.24, 2.45) is 4.99 Å². The van der Waals surface area contributed by atoms with E-state index in [4.69, 9.17) is 4.99 Å². The molecule has 0 fully saturated rings. The summed E-state index contributed by atoms with van der Waals surface area (Å²) in [6.07, 6.45) is 1.14. The summed E-state index contributed by atoms with van der Waals surface area (Å²) < 4.78 is 0. The molecule has 0 spiro atoms. The highest BCUT2D eigenvalue weighted by molar-refractivity contribution is 6.16. The molecule has 0 unspecified atom stereocenters.